The Morgan fingerprint density at radius 2 is 2.00 bits per heavy atom. The molecular weight excluding hydrogens is 234 g/mol. The molecule has 19 heavy (non-hydrogen) atoms. The lowest BCUT2D eigenvalue weighted by Gasteiger charge is -2.48. The Kier molecular flexibility index (Phi) is 4.86. The first-order valence-corrected chi connectivity index (χ1v) is 7.95. The van der Waals surface area contributed by atoms with Crippen LogP contribution in [0.15, 0.2) is 0 Å². The minimum atomic E-state index is -0.388. The van der Waals surface area contributed by atoms with Gasteiger partial charge in [-0.1, -0.05) is 12.8 Å². The summed E-state index contributed by atoms with van der Waals surface area (Å²) in [5, 5.41) is 12.5. The standard InChI is InChI=1S/C16H29N3/c1-13(11-16(2,12-17)18-3)19-10-6-8-14-7-4-5-9-15(14)19/h13-15,18H,4-11H2,1-3H3. The number of hydrogen-bond donors (Lipinski definition) is 1. The summed E-state index contributed by atoms with van der Waals surface area (Å²) in [5.74, 6) is 0.924. The van der Waals surface area contributed by atoms with Crippen LogP contribution in [0, 0.1) is 17.2 Å². The van der Waals surface area contributed by atoms with E-state index < -0.39 is 0 Å². The first-order valence-electron chi connectivity index (χ1n) is 7.95. The molecule has 1 aliphatic carbocycles. The summed E-state index contributed by atoms with van der Waals surface area (Å²) < 4.78 is 0. The Morgan fingerprint density at radius 1 is 1.32 bits per heavy atom. The minimum absolute atomic E-state index is 0.388. The van der Waals surface area contributed by atoms with Crippen molar-refractivity contribution in [1.29, 1.82) is 5.26 Å². The molecule has 1 heterocycles. The molecule has 0 aromatic heterocycles. The zero-order chi connectivity index (χ0) is 13.9. The third-order valence-corrected chi connectivity index (χ3v) is 5.35. The number of nitriles is 1. The monoisotopic (exact) mass is 263 g/mol. The molecule has 0 radical (unpaired) electrons. The molecule has 3 nitrogen and oxygen atoms in total. The van der Waals surface area contributed by atoms with Gasteiger partial charge in [0.1, 0.15) is 5.54 Å². The van der Waals surface area contributed by atoms with E-state index in [9.17, 15) is 5.26 Å². The van der Waals surface area contributed by atoms with E-state index in [1.807, 2.05) is 14.0 Å². The highest BCUT2D eigenvalue weighted by atomic mass is 15.2. The molecule has 1 saturated carbocycles. The van der Waals surface area contributed by atoms with E-state index in [-0.39, 0.29) is 5.54 Å². The van der Waals surface area contributed by atoms with Crippen molar-refractivity contribution < 1.29 is 0 Å². The van der Waals surface area contributed by atoms with Crippen molar-refractivity contribution in [3.63, 3.8) is 0 Å². The highest BCUT2D eigenvalue weighted by Crippen LogP contribution is 2.37. The van der Waals surface area contributed by atoms with Gasteiger partial charge in [-0.3, -0.25) is 4.90 Å². The lowest BCUT2D eigenvalue weighted by atomic mass is 9.77. The molecule has 0 bridgehead atoms. The zero-order valence-electron chi connectivity index (χ0n) is 12.8. The van der Waals surface area contributed by atoms with Crippen molar-refractivity contribution in [2.45, 2.75) is 76.4 Å². The second kappa shape index (κ2) is 6.24. The van der Waals surface area contributed by atoms with E-state index in [4.69, 9.17) is 0 Å². The topological polar surface area (TPSA) is 39.1 Å². The molecule has 2 fully saturated rings. The summed E-state index contributed by atoms with van der Waals surface area (Å²) in [6, 6.07) is 3.72. The Labute approximate surface area is 118 Å². The van der Waals surface area contributed by atoms with Crippen molar-refractivity contribution in [2.75, 3.05) is 13.6 Å². The molecule has 1 aliphatic heterocycles. The summed E-state index contributed by atoms with van der Waals surface area (Å²) in [4.78, 5) is 2.71. The Balaban J connectivity index is 2.01. The number of likely N-dealkylation sites (tertiary alicyclic amines) is 1. The Morgan fingerprint density at radius 3 is 2.68 bits per heavy atom. The van der Waals surface area contributed by atoms with Gasteiger partial charge in [-0.05, 0) is 65.5 Å². The number of nitrogens with zero attached hydrogens (tertiary/aromatic N) is 2. The van der Waals surface area contributed by atoms with Crippen LogP contribution in [0.3, 0.4) is 0 Å². The van der Waals surface area contributed by atoms with Gasteiger partial charge in [0, 0.05) is 12.1 Å². The highest BCUT2D eigenvalue weighted by molar-refractivity contribution is 5.05. The Bertz CT molecular complexity index is 333. The number of rotatable bonds is 4. The molecule has 0 aromatic rings. The maximum absolute atomic E-state index is 9.33. The first-order chi connectivity index (χ1) is 9.09. The number of piperidine rings is 1. The van der Waals surface area contributed by atoms with E-state index in [1.54, 1.807) is 0 Å². The van der Waals surface area contributed by atoms with Gasteiger partial charge in [0.15, 0.2) is 0 Å². The summed E-state index contributed by atoms with van der Waals surface area (Å²) in [7, 11) is 1.90. The van der Waals surface area contributed by atoms with Crippen LogP contribution in [-0.4, -0.2) is 36.1 Å². The fourth-order valence-corrected chi connectivity index (χ4v) is 4.12. The molecule has 2 rings (SSSR count). The first kappa shape index (κ1) is 14.8. The molecule has 0 aromatic carbocycles. The maximum atomic E-state index is 9.33. The molecular formula is C16H29N3. The number of nitrogens with one attached hydrogen (secondary N) is 1. The molecule has 4 atom stereocenters. The predicted molar refractivity (Wildman–Crippen MR) is 78.8 cm³/mol. The fraction of sp³-hybridized carbons (Fsp3) is 0.938. The van der Waals surface area contributed by atoms with E-state index in [1.165, 1.54) is 45.1 Å². The second-order valence-electron chi connectivity index (χ2n) is 6.74. The predicted octanol–water partition coefficient (Wildman–Crippen LogP) is 2.92. The van der Waals surface area contributed by atoms with Gasteiger partial charge in [0.05, 0.1) is 6.07 Å². The third-order valence-electron chi connectivity index (χ3n) is 5.35. The lowest BCUT2D eigenvalue weighted by molar-refractivity contribution is 0.0234. The normalized spacial score (nSPS) is 32.9. The molecule has 4 unspecified atom stereocenters. The summed E-state index contributed by atoms with van der Waals surface area (Å²) in [5.41, 5.74) is -0.388. The Hall–Kier alpha value is -0.590. The van der Waals surface area contributed by atoms with Gasteiger partial charge < -0.3 is 5.32 Å². The maximum Gasteiger partial charge on any atom is 0.105 e. The summed E-state index contributed by atoms with van der Waals surface area (Å²) in [6.45, 7) is 5.56. The van der Waals surface area contributed by atoms with Crippen LogP contribution in [0.1, 0.15) is 58.8 Å². The van der Waals surface area contributed by atoms with Crippen molar-refractivity contribution in [3.8, 4) is 6.07 Å². The molecule has 1 N–H and O–H groups in total. The van der Waals surface area contributed by atoms with E-state index >= 15 is 0 Å². The van der Waals surface area contributed by atoms with E-state index in [2.05, 4.69) is 23.2 Å². The molecule has 2 aliphatic rings. The van der Waals surface area contributed by atoms with Crippen LogP contribution < -0.4 is 5.32 Å². The third kappa shape index (κ3) is 3.30. The summed E-state index contributed by atoms with van der Waals surface area (Å²) in [6.07, 6.45) is 9.31. The quantitative estimate of drug-likeness (QED) is 0.847. The minimum Gasteiger partial charge on any atom is -0.303 e. The van der Waals surface area contributed by atoms with Crippen molar-refractivity contribution in [1.82, 2.24) is 10.2 Å². The zero-order valence-corrected chi connectivity index (χ0v) is 12.8. The van der Waals surface area contributed by atoms with Gasteiger partial charge in [-0.15, -0.1) is 0 Å². The van der Waals surface area contributed by atoms with Crippen LogP contribution in [0.5, 0.6) is 0 Å². The van der Waals surface area contributed by atoms with Crippen molar-refractivity contribution >= 4 is 0 Å². The number of hydrogen-bond acceptors (Lipinski definition) is 3. The van der Waals surface area contributed by atoms with Crippen molar-refractivity contribution in [3.05, 3.63) is 0 Å². The molecule has 0 amide bonds. The van der Waals surface area contributed by atoms with Crippen LogP contribution in [-0.2, 0) is 0 Å². The SMILES string of the molecule is CNC(C)(C#N)CC(C)N1CCCC2CCCCC21. The van der Waals surface area contributed by atoms with Gasteiger partial charge in [0.25, 0.3) is 0 Å². The van der Waals surface area contributed by atoms with Gasteiger partial charge in [-0.25, -0.2) is 0 Å². The average molecular weight is 263 g/mol. The van der Waals surface area contributed by atoms with Crippen LogP contribution in [0.4, 0.5) is 0 Å². The van der Waals surface area contributed by atoms with E-state index in [0.29, 0.717) is 6.04 Å². The molecule has 1 saturated heterocycles. The molecule has 108 valence electrons. The smallest absolute Gasteiger partial charge is 0.105 e. The van der Waals surface area contributed by atoms with Gasteiger partial charge in [0.2, 0.25) is 0 Å². The largest absolute Gasteiger partial charge is 0.303 e. The summed E-state index contributed by atoms with van der Waals surface area (Å²) >= 11 is 0. The number of fused-ring (bicyclic) bond motifs is 1. The highest BCUT2D eigenvalue weighted by Gasteiger charge is 2.37. The second-order valence-corrected chi connectivity index (χ2v) is 6.74. The lowest BCUT2D eigenvalue weighted by Crippen LogP contribution is -2.53. The van der Waals surface area contributed by atoms with Gasteiger partial charge >= 0.3 is 0 Å². The van der Waals surface area contributed by atoms with Crippen LogP contribution in [0.2, 0.25) is 0 Å². The van der Waals surface area contributed by atoms with Gasteiger partial charge in [-0.2, -0.15) is 5.26 Å². The fourth-order valence-electron chi connectivity index (χ4n) is 4.12. The van der Waals surface area contributed by atoms with Crippen molar-refractivity contribution in [2.24, 2.45) is 5.92 Å². The van der Waals surface area contributed by atoms with Crippen LogP contribution >= 0.6 is 0 Å². The van der Waals surface area contributed by atoms with E-state index in [0.717, 1.165) is 18.4 Å². The molecule has 3 heteroatoms. The van der Waals surface area contributed by atoms with Crippen LogP contribution in [0.25, 0.3) is 0 Å². The average Bonchev–Trinajstić information content (AvgIpc) is 2.46. The molecule has 0 spiro atoms.